The average molecular weight is 886 g/mol. The summed E-state index contributed by atoms with van der Waals surface area (Å²) < 4.78 is 17.1. The van der Waals surface area contributed by atoms with Gasteiger partial charge in [0, 0.05) is 28.0 Å². The monoisotopic (exact) mass is 884 g/mol. The fourth-order valence-corrected chi connectivity index (χ4v) is 7.27. The number of aryl methyl sites for hydroxylation is 1. The SMILES string of the molecule is COC(=O)c1ccc(C=C(CNc2cnc3ccccc3c2)COc2cccc3ccccc23)cc1.Cc1cc(C=C(CBr)COc2cccc3ccccc23)ccc1C(=O)O. The molecule has 0 amide bonds. The number of esters is 1. The van der Waals surface area contributed by atoms with E-state index in [1.54, 1.807) is 25.1 Å². The van der Waals surface area contributed by atoms with E-state index >= 15 is 0 Å². The van der Waals surface area contributed by atoms with E-state index in [1.165, 1.54) is 7.11 Å². The Balaban J connectivity index is 0.000000197. The number of hydrogen-bond donors (Lipinski definition) is 2. The second-order valence-corrected chi connectivity index (χ2v) is 15.1. The van der Waals surface area contributed by atoms with Crippen LogP contribution >= 0.6 is 15.9 Å². The molecule has 310 valence electrons. The standard InChI is InChI=1S/C31H26N2O3.C22H19BrO3/c1-35-31(34)25-15-13-22(14-16-25)17-23(19-32-27-18-26-8-3-5-11-29(26)33-20-27)21-36-30-12-6-9-24-7-2-4-10-28(24)30;1-15-11-16(9-10-19(15)22(24)25)12-17(13-23)14-26-21-8-4-6-18-5-2-3-7-20(18)21/h2-18,20,32H,19,21H2,1H3;2-12H,13-14H2,1H3,(H,24,25). The van der Waals surface area contributed by atoms with Gasteiger partial charge in [-0.1, -0.05) is 143 Å². The van der Waals surface area contributed by atoms with E-state index < -0.39 is 5.97 Å². The van der Waals surface area contributed by atoms with Crippen LogP contribution in [0.5, 0.6) is 11.5 Å². The van der Waals surface area contributed by atoms with Crippen molar-refractivity contribution in [1.29, 1.82) is 0 Å². The number of benzene rings is 7. The molecule has 0 spiro atoms. The zero-order valence-corrected chi connectivity index (χ0v) is 36.0. The van der Waals surface area contributed by atoms with Crippen LogP contribution in [-0.4, -0.2) is 54.2 Å². The van der Waals surface area contributed by atoms with Crippen molar-refractivity contribution in [3.8, 4) is 11.5 Å². The highest BCUT2D eigenvalue weighted by molar-refractivity contribution is 9.09. The summed E-state index contributed by atoms with van der Waals surface area (Å²) >= 11 is 3.51. The molecule has 1 aromatic heterocycles. The van der Waals surface area contributed by atoms with Crippen molar-refractivity contribution in [3.63, 3.8) is 0 Å². The molecule has 7 aromatic carbocycles. The number of anilines is 1. The van der Waals surface area contributed by atoms with Gasteiger partial charge in [0.05, 0.1) is 35.6 Å². The molecule has 2 N–H and O–H groups in total. The van der Waals surface area contributed by atoms with Gasteiger partial charge < -0.3 is 24.6 Å². The topological polar surface area (TPSA) is 107 Å². The second kappa shape index (κ2) is 20.8. The molecule has 9 heteroatoms. The van der Waals surface area contributed by atoms with Crippen LogP contribution in [0.4, 0.5) is 5.69 Å². The quantitative estimate of drug-likeness (QED) is 0.0821. The van der Waals surface area contributed by atoms with Crippen LogP contribution in [-0.2, 0) is 4.74 Å². The van der Waals surface area contributed by atoms with Gasteiger partial charge in [0.25, 0.3) is 0 Å². The first kappa shape index (κ1) is 42.9. The Kier molecular flexibility index (Phi) is 14.4. The average Bonchev–Trinajstić information content (AvgIpc) is 3.31. The summed E-state index contributed by atoms with van der Waals surface area (Å²) in [5.41, 5.74) is 7.53. The second-order valence-electron chi connectivity index (χ2n) is 14.5. The maximum atomic E-state index is 11.8. The Morgan fingerprint density at radius 3 is 1.84 bits per heavy atom. The number of nitrogens with zero attached hydrogens (tertiary/aromatic N) is 1. The molecule has 8 nitrogen and oxygen atoms in total. The lowest BCUT2D eigenvalue weighted by Gasteiger charge is -2.14. The zero-order valence-electron chi connectivity index (χ0n) is 34.4. The van der Waals surface area contributed by atoms with E-state index in [9.17, 15) is 9.59 Å². The summed E-state index contributed by atoms with van der Waals surface area (Å²) in [6.45, 7) is 3.24. The molecule has 8 aromatic rings. The Morgan fingerprint density at radius 1 is 0.661 bits per heavy atom. The number of halogens is 1. The lowest BCUT2D eigenvalue weighted by molar-refractivity contribution is 0.0599. The van der Waals surface area contributed by atoms with Gasteiger partial charge >= 0.3 is 11.9 Å². The number of alkyl halides is 1. The highest BCUT2D eigenvalue weighted by atomic mass is 79.9. The number of pyridine rings is 1. The first-order valence-electron chi connectivity index (χ1n) is 20.0. The van der Waals surface area contributed by atoms with Gasteiger partial charge in [-0.05, 0) is 88.0 Å². The largest absolute Gasteiger partial charge is 0.489 e. The Hall–Kier alpha value is -7.23. The summed E-state index contributed by atoms with van der Waals surface area (Å²) in [5, 5.41) is 18.8. The van der Waals surface area contributed by atoms with Crippen molar-refractivity contribution in [2.45, 2.75) is 6.92 Å². The van der Waals surface area contributed by atoms with Crippen LogP contribution < -0.4 is 14.8 Å². The molecule has 0 atom stereocenters. The molecule has 0 aliphatic heterocycles. The minimum Gasteiger partial charge on any atom is -0.489 e. The predicted octanol–water partition coefficient (Wildman–Crippen LogP) is 12.5. The third-order valence-electron chi connectivity index (χ3n) is 10.2. The number of para-hydroxylation sites is 1. The van der Waals surface area contributed by atoms with Gasteiger partial charge in [-0.2, -0.15) is 0 Å². The minimum atomic E-state index is -0.905. The number of hydrogen-bond acceptors (Lipinski definition) is 7. The number of ether oxygens (including phenoxy) is 3. The fraction of sp³-hybridized carbons (Fsp3) is 0.113. The number of aromatic nitrogens is 1. The molecule has 0 bridgehead atoms. The van der Waals surface area contributed by atoms with Gasteiger partial charge in [-0.25, -0.2) is 9.59 Å². The van der Waals surface area contributed by atoms with Crippen molar-refractivity contribution in [2.24, 2.45) is 0 Å². The van der Waals surface area contributed by atoms with E-state index in [1.807, 2.05) is 103 Å². The summed E-state index contributed by atoms with van der Waals surface area (Å²) in [5.74, 6) is 0.438. The number of carbonyl (C=O) groups excluding carboxylic acids is 1. The van der Waals surface area contributed by atoms with Crippen LogP contribution in [0.15, 0.2) is 175 Å². The Morgan fingerprint density at radius 2 is 1.23 bits per heavy atom. The van der Waals surface area contributed by atoms with Crippen LogP contribution in [0, 0.1) is 6.92 Å². The molecular formula is C53H45BrN2O6. The Bertz CT molecular complexity index is 2900. The molecule has 0 saturated heterocycles. The number of carbonyl (C=O) groups is 2. The van der Waals surface area contributed by atoms with Crippen molar-refractivity contribution in [3.05, 3.63) is 203 Å². The molecule has 0 fully saturated rings. The smallest absolute Gasteiger partial charge is 0.337 e. The number of methoxy groups -OCH3 is 1. The molecule has 0 radical (unpaired) electrons. The summed E-state index contributed by atoms with van der Waals surface area (Å²) in [6, 6.07) is 51.2. The minimum absolute atomic E-state index is 0.328. The fourth-order valence-electron chi connectivity index (χ4n) is 6.95. The van der Waals surface area contributed by atoms with Gasteiger partial charge in [0.2, 0.25) is 0 Å². The van der Waals surface area contributed by atoms with E-state index in [0.29, 0.717) is 36.2 Å². The number of carboxylic acid groups (broad SMARTS) is 1. The van der Waals surface area contributed by atoms with Crippen LogP contribution in [0.2, 0.25) is 0 Å². The lowest BCUT2D eigenvalue weighted by atomic mass is 10.0. The van der Waals surface area contributed by atoms with Gasteiger partial charge in [-0.3, -0.25) is 4.98 Å². The highest BCUT2D eigenvalue weighted by Crippen LogP contribution is 2.28. The number of rotatable bonds is 14. The van der Waals surface area contributed by atoms with E-state index in [0.717, 1.165) is 77.5 Å². The third-order valence-corrected chi connectivity index (χ3v) is 10.9. The first-order chi connectivity index (χ1) is 30.3. The maximum Gasteiger partial charge on any atom is 0.337 e. The number of nitrogens with one attached hydrogen (secondary N) is 1. The van der Waals surface area contributed by atoms with Crippen molar-refractivity contribution in [2.75, 3.05) is 37.5 Å². The number of carboxylic acids is 1. The zero-order chi connectivity index (χ0) is 43.3. The van der Waals surface area contributed by atoms with Crippen molar-refractivity contribution >= 4 is 78.2 Å². The predicted molar refractivity (Wildman–Crippen MR) is 255 cm³/mol. The molecular weight excluding hydrogens is 840 g/mol. The third kappa shape index (κ3) is 11.1. The molecule has 8 rings (SSSR count). The number of fused-ring (bicyclic) bond motifs is 3. The highest BCUT2D eigenvalue weighted by Gasteiger charge is 2.10. The van der Waals surface area contributed by atoms with E-state index in [2.05, 4.69) is 80.8 Å². The first-order valence-corrected chi connectivity index (χ1v) is 21.2. The van der Waals surface area contributed by atoms with Gasteiger partial charge in [-0.15, -0.1) is 0 Å². The molecule has 0 aliphatic rings. The Labute approximate surface area is 369 Å². The van der Waals surface area contributed by atoms with Crippen molar-refractivity contribution < 1.29 is 28.9 Å². The van der Waals surface area contributed by atoms with E-state index in [-0.39, 0.29) is 5.97 Å². The van der Waals surface area contributed by atoms with E-state index in [4.69, 9.17) is 19.3 Å². The molecule has 0 aliphatic carbocycles. The van der Waals surface area contributed by atoms with Crippen molar-refractivity contribution in [1.82, 2.24) is 4.98 Å². The molecule has 1 heterocycles. The normalized spacial score (nSPS) is 11.5. The number of aromatic carboxylic acids is 1. The van der Waals surface area contributed by atoms with Gasteiger partial charge in [0.15, 0.2) is 0 Å². The maximum absolute atomic E-state index is 11.8. The van der Waals surface area contributed by atoms with Crippen LogP contribution in [0.25, 0.3) is 44.6 Å². The van der Waals surface area contributed by atoms with Crippen LogP contribution in [0.1, 0.15) is 37.4 Å². The lowest BCUT2D eigenvalue weighted by Crippen LogP contribution is -2.12. The van der Waals surface area contributed by atoms with Gasteiger partial charge in [0.1, 0.15) is 24.7 Å². The van der Waals surface area contributed by atoms with Crippen LogP contribution in [0.3, 0.4) is 0 Å². The molecule has 0 unspecified atom stereocenters. The summed E-state index contributed by atoms with van der Waals surface area (Å²) in [6.07, 6.45) is 5.95. The molecule has 62 heavy (non-hydrogen) atoms. The summed E-state index contributed by atoms with van der Waals surface area (Å²) in [7, 11) is 1.38. The molecule has 0 saturated carbocycles. The summed E-state index contributed by atoms with van der Waals surface area (Å²) in [4.78, 5) is 27.5.